The zero-order valence-electron chi connectivity index (χ0n) is 10.7. The van der Waals surface area contributed by atoms with E-state index in [0.29, 0.717) is 6.04 Å². The number of fused-ring (bicyclic) bond motifs is 1. The highest BCUT2D eigenvalue weighted by molar-refractivity contribution is 9.10. The van der Waals surface area contributed by atoms with Crippen LogP contribution >= 0.6 is 31.9 Å². The minimum Gasteiger partial charge on any atom is -0.337 e. The predicted molar refractivity (Wildman–Crippen MR) is 88.5 cm³/mol. The Morgan fingerprint density at radius 2 is 1.95 bits per heavy atom. The lowest BCUT2D eigenvalue weighted by Crippen LogP contribution is -2.24. The average molecular weight is 381 g/mol. The fraction of sp³-hybridized carbons (Fsp3) is 0.250. The van der Waals surface area contributed by atoms with Crippen molar-refractivity contribution in [1.29, 1.82) is 0 Å². The minimum atomic E-state index is 0.503. The highest BCUT2D eigenvalue weighted by Gasteiger charge is 2.27. The normalized spacial score (nSPS) is 17.6. The molecule has 0 saturated carbocycles. The second kappa shape index (κ2) is 5.29. The molecule has 0 saturated heterocycles. The van der Waals surface area contributed by atoms with E-state index in [1.807, 2.05) is 0 Å². The molecule has 1 aliphatic heterocycles. The number of para-hydroxylation sites is 1. The van der Waals surface area contributed by atoms with Crippen molar-refractivity contribution < 1.29 is 0 Å². The van der Waals surface area contributed by atoms with Crippen LogP contribution in [-0.2, 0) is 11.8 Å². The molecule has 98 valence electrons. The lowest BCUT2D eigenvalue weighted by atomic mass is 10.1. The summed E-state index contributed by atoms with van der Waals surface area (Å²) in [5, 5.41) is 0.887. The van der Waals surface area contributed by atoms with Gasteiger partial charge in [-0.05, 0) is 58.6 Å². The first kappa shape index (κ1) is 13.2. The van der Waals surface area contributed by atoms with E-state index in [9.17, 15) is 0 Å². The quantitative estimate of drug-likeness (QED) is 0.628. The number of halogens is 2. The SMILES string of the molecule is CC1Cc2ccccc2N1c1ccc(CBr)cc1Br. The lowest BCUT2D eigenvalue weighted by Gasteiger charge is -2.26. The van der Waals surface area contributed by atoms with Gasteiger partial charge in [0, 0.05) is 21.5 Å². The molecular weight excluding hydrogens is 366 g/mol. The molecule has 0 aliphatic carbocycles. The molecule has 2 aromatic rings. The maximum atomic E-state index is 3.71. The summed E-state index contributed by atoms with van der Waals surface area (Å²) < 4.78 is 1.16. The molecule has 0 amide bonds. The van der Waals surface area contributed by atoms with Crippen molar-refractivity contribution in [1.82, 2.24) is 0 Å². The summed E-state index contributed by atoms with van der Waals surface area (Å²) >= 11 is 7.22. The van der Waals surface area contributed by atoms with Crippen LogP contribution in [0.15, 0.2) is 46.9 Å². The molecule has 0 radical (unpaired) electrons. The molecule has 1 nitrogen and oxygen atoms in total. The van der Waals surface area contributed by atoms with Gasteiger partial charge in [-0.1, -0.05) is 40.2 Å². The molecule has 0 spiro atoms. The van der Waals surface area contributed by atoms with Gasteiger partial charge < -0.3 is 4.90 Å². The number of nitrogens with zero attached hydrogens (tertiary/aromatic N) is 1. The average Bonchev–Trinajstić information content (AvgIpc) is 2.75. The summed E-state index contributed by atoms with van der Waals surface area (Å²) in [6.07, 6.45) is 1.11. The molecular formula is C16H15Br2N. The van der Waals surface area contributed by atoms with Gasteiger partial charge in [-0.15, -0.1) is 0 Å². The third-order valence-electron chi connectivity index (χ3n) is 3.63. The summed E-state index contributed by atoms with van der Waals surface area (Å²) in [4.78, 5) is 2.43. The van der Waals surface area contributed by atoms with Gasteiger partial charge in [-0.25, -0.2) is 0 Å². The van der Waals surface area contributed by atoms with Crippen molar-refractivity contribution in [3.63, 3.8) is 0 Å². The van der Waals surface area contributed by atoms with Crippen LogP contribution in [0.5, 0.6) is 0 Å². The Hall–Kier alpha value is -0.800. The number of benzene rings is 2. The number of alkyl halides is 1. The molecule has 0 bridgehead atoms. The molecule has 3 rings (SSSR count). The van der Waals surface area contributed by atoms with E-state index >= 15 is 0 Å². The first-order valence-electron chi connectivity index (χ1n) is 6.42. The van der Waals surface area contributed by atoms with E-state index in [1.54, 1.807) is 0 Å². The predicted octanol–water partition coefficient (Wildman–Crippen LogP) is 5.43. The van der Waals surface area contributed by atoms with Crippen LogP contribution in [0.1, 0.15) is 18.1 Å². The van der Waals surface area contributed by atoms with Gasteiger partial charge in [0.15, 0.2) is 0 Å². The van der Waals surface area contributed by atoms with Crippen LogP contribution in [0.2, 0.25) is 0 Å². The van der Waals surface area contributed by atoms with E-state index in [2.05, 4.69) is 86.1 Å². The zero-order chi connectivity index (χ0) is 13.4. The molecule has 1 atom stereocenters. The molecule has 0 fully saturated rings. The lowest BCUT2D eigenvalue weighted by molar-refractivity contribution is 0.758. The molecule has 1 heterocycles. The molecule has 0 aromatic heterocycles. The fourth-order valence-corrected chi connectivity index (χ4v) is 3.73. The van der Waals surface area contributed by atoms with Crippen molar-refractivity contribution in [2.45, 2.75) is 24.7 Å². The topological polar surface area (TPSA) is 3.24 Å². The Morgan fingerprint density at radius 3 is 2.68 bits per heavy atom. The third kappa shape index (κ3) is 2.34. The van der Waals surface area contributed by atoms with Gasteiger partial charge in [-0.2, -0.15) is 0 Å². The van der Waals surface area contributed by atoms with Gasteiger partial charge in [0.05, 0.1) is 5.69 Å². The Labute approximate surface area is 130 Å². The van der Waals surface area contributed by atoms with Crippen LogP contribution in [0.25, 0.3) is 0 Å². The van der Waals surface area contributed by atoms with Crippen LogP contribution in [0.4, 0.5) is 11.4 Å². The van der Waals surface area contributed by atoms with E-state index in [0.717, 1.165) is 16.2 Å². The number of rotatable bonds is 2. The molecule has 3 heteroatoms. The maximum Gasteiger partial charge on any atom is 0.0558 e. The second-order valence-electron chi connectivity index (χ2n) is 4.97. The summed E-state index contributed by atoms with van der Waals surface area (Å²) in [6.45, 7) is 2.28. The maximum absolute atomic E-state index is 3.71. The van der Waals surface area contributed by atoms with Crippen LogP contribution < -0.4 is 4.90 Å². The third-order valence-corrected chi connectivity index (χ3v) is 4.92. The first-order chi connectivity index (χ1) is 9.20. The Balaban J connectivity index is 2.07. The summed E-state index contributed by atoms with van der Waals surface area (Å²) in [5.41, 5.74) is 5.31. The highest BCUT2D eigenvalue weighted by Crippen LogP contribution is 2.41. The summed E-state index contributed by atoms with van der Waals surface area (Å²) in [5.74, 6) is 0. The van der Waals surface area contributed by atoms with E-state index in [1.165, 1.54) is 22.5 Å². The van der Waals surface area contributed by atoms with E-state index in [-0.39, 0.29) is 0 Å². The number of hydrogen-bond donors (Lipinski definition) is 0. The van der Waals surface area contributed by atoms with Gasteiger partial charge in [0.25, 0.3) is 0 Å². The molecule has 1 unspecified atom stereocenters. The smallest absolute Gasteiger partial charge is 0.0558 e. The Bertz CT molecular complexity index is 609. The summed E-state index contributed by atoms with van der Waals surface area (Å²) in [6, 6.07) is 15.8. The number of anilines is 2. The zero-order valence-corrected chi connectivity index (χ0v) is 13.9. The highest BCUT2D eigenvalue weighted by atomic mass is 79.9. The summed E-state index contributed by atoms with van der Waals surface area (Å²) in [7, 11) is 0. The monoisotopic (exact) mass is 379 g/mol. The largest absolute Gasteiger partial charge is 0.337 e. The van der Waals surface area contributed by atoms with Crippen LogP contribution in [0.3, 0.4) is 0 Å². The van der Waals surface area contributed by atoms with Gasteiger partial charge in [0.2, 0.25) is 0 Å². The second-order valence-corrected chi connectivity index (χ2v) is 6.39. The number of hydrogen-bond acceptors (Lipinski definition) is 1. The van der Waals surface area contributed by atoms with Gasteiger partial charge in [-0.3, -0.25) is 0 Å². The van der Waals surface area contributed by atoms with Crippen molar-refractivity contribution in [2.24, 2.45) is 0 Å². The molecule has 19 heavy (non-hydrogen) atoms. The first-order valence-corrected chi connectivity index (χ1v) is 8.33. The Morgan fingerprint density at radius 1 is 1.16 bits per heavy atom. The molecule has 1 aliphatic rings. The standard InChI is InChI=1S/C16H15Br2N/c1-11-8-13-4-2-3-5-15(13)19(11)16-7-6-12(10-17)9-14(16)18/h2-7,9,11H,8,10H2,1H3. The minimum absolute atomic E-state index is 0.503. The van der Waals surface area contributed by atoms with Crippen molar-refractivity contribution in [3.05, 3.63) is 58.1 Å². The van der Waals surface area contributed by atoms with Gasteiger partial charge >= 0.3 is 0 Å². The van der Waals surface area contributed by atoms with Crippen LogP contribution in [-0.4, -0.2) is 6.04 Å². The van der Waals surface area contributed by atoms with Crippen molar-refractivity contribution in [2.75, 3.05) is 4.90 Å². The van der Waals surface area contributed by atoms with Gasteiger partial charge in [0.1, 0.15) is 0 Å². The molecule has 0 N–H and O–H groups in total. The van der Waals surface area contributed by atoms with Crippen molar-refractivity contribution in [3.8, 4) is 0 Å². The van der Waals surface area contributed by atoms with Crippen molar-refractivity contribution >= 4 is 43.2 Å². The molecule has 2 aromatic carbocycles. The van der Waals surface area contributed by atoms with E-state index < -0.39 is 0 Å². The Kier molecular flexibility index (Phi) is 3.68. The van der Waals surface area contributed by atoms with E-state index in [4.69, 9.17) is 0 Å². The fourth-order valence-electron chi connectivity index (χ4n) is 2.76. The van der Waals surface area contributed by atoms with Crippen LogP contribution in [0, 0.1) is 0 Å².